The Balaban J connectivity index is 2.22. The van der Waals surface area contributed by atoms with Crippen LogP contribution in [-0.4, -0.2) is 10.9 Å². The van der Waals surface area contributed by atoms with Crippen LogP contribution in [-0.2, 0) is 0 Å². The third-order valence-corrected chi connectivity index (χ3v) is 2.83. The van der Waals surface area contributed by atoms with Crippen molar-refractivity contribution in [1.82, 2.24) is 4.98 Å². The molecule has 3 nitrogen and oxygen atoms in total. The summed E-state index contributed by atoms with van der Waals surface area (Å²) in [5.74, 6) is -1.07. The lowest BCUT2D eigenvalue weighted by atomic mass is 10.2. The van der Waals surface area contributed by atoms with Gasteiger partial charge < -0.3 is 5.32 Å². The standard InChI is InChI=1S/C12H7Cl2FN2O/c13-9-3-4-16-6-8(9)12(18)17-7-1-2-10(14)11(15)5-7/h1-6H,(H,17,18). The van der Waals surface area contributed by atoms with Gasteiger partial charge in [-0.25, -0.2) is 4.39 Å². The monoisotopic (exact) mass is 284 g/mol. The zero-order valence-corrected chi connectivity index (χ0v) is 10.5. The van der Waals surface area contributed by atoms with Crippen LogP contribution in [0, 0.1) is 5.82 Å². The van der Waals surface area contributed by atoms with Gasteiger partial charge in [0.1, 0.15) is 5.82 Å². The molecule has 0 aliphatic rings. The van der Waals surface area contributed by atoms with E-state index in [1.807, 2.05) is 0 Å². The van der Waals surface area contributed by atoms with Gasteiger partial charge in [-0.2, -0.15) is 0 Å². The number of nitrogens with zero attached hydrogens (tertiary/aromatic N) is 1. The maximum absolute atomic E-state index is 13.2. The minimum Gasteiger partial charge on any atom is -0.322 e. The molecule has 0 bridgehead atoms. The number of aromatic nitrogens is 1. The molecule has 0 aliphatic carbocycles. The Morgan fingerprint density at radius 1 is 1.22 bits per heavy atom. The molecule has 92 valence electrons. The van der Waals surface area contributed by atoms with E-state index in [2.05, 4.69) is 10.3 Å². The van der Waals surface area contributed by atoms with Gasteiger partial charge in [-0.1, -0.05) is 23.2 Å². The third-order valence-electron chi connectivity index (χ3n) is 2.19. The van der Waals surface area contributed by atoms with Gasteiger partial charge in [-0.15, -0.1) is 0 Å². The van der Waals surface area contributed by atoms with Crippen LogP contribution in [0.4, 0.5) is 10.1 Å². The Kier molecular flexibility index (Phi) is 3.79. The second kappa shape index (κ2) is 5.33. The lowest BCUT2D eigenvalue weighted by molar-refractivity contribution is 0.102. The summed E-state index contributed by atoms with van der Waals surface area (Å²) in [7, 11) is 0. The van der Waals surface area contributed by atoms with Gasteiger partial charge >= 0.3 is 0 Å². The number of nitrogens with one attached hydrogen (secondary N) is 1. The summed E-state index contributed by atoms with van der Waals surface area (Å²) >= 11 is 11.4. The molecule has 6 heteroatoms. The highest BCUT2D eigenvalue weighted by Crippen LogP contribution is 2.20. The first-order valence-corrected chi connectivity index (χ1v) is 5.69. The molecule has 0 unspecified atom stereocenters. The minimum absolute atomic E-state index is 0.00703. The van der Waals surface area contributed by atoms with Crippen LogP contribution in [0.3, 0.4) is 0 Å². The number of halogens is 3. The van der Waals surface area contributed by atoms with Crippen molar-refractivity contribution in [2.75, 3.05) is 5.32 Å². The van der Waals surface area contributed by atoms with Gasteiger partial charge in [0.15, 0.2) is 0 Å². The average Bonchev–Trinajstić information content (AvgIpc) is 2.34. The average molecular weight is 285 g/mol. The minimum atomic E-state index is -0.605. The number of benzene rings is 1. The van der Waals surface area contributed by atoms with E-state index in [0.29, 0.717) is 5.69 Å². The highest BCUT2D eigenvalue weighted by atomic mass is 35.5. The van der Waals surface area contributed by atoms with Crippen LogP contribution in [0.25, 0.3) is 0 Å². The molecule has 0 atom stereocenters. The number of amides is 1. The number of carbonyl (C=O) groups excluding carboxylic acids is 1. The molecule has 0 fully saturated rings. The smallest absolute Gasteiger partial charge is 0.258 e. The fourth-order valence-corrected chi connectivity index (χ4v) is 1.63. The predicted octanol–water partition coefficient (Wildman–Crippen LogP) is 3.78. The van der Waals surface area contributed by atoms with Gasteiger partial charge in [0.05, 0.1) is 15.6 Å². The first kappa shape index (κ1) is 12.8. The Hall–Kier alpha value is -1.65. The molecule has 1 aromatic heterocycles. The molecule has 18 heavy (non-hydrogen) atoms. The largest absolute Gasteiger partial charge is 0.322 e. The molecule has 0 saturated carbocycles. The Bertz CT molecular complexity index is 604. The van der Waals surface area contributed by atoms with Crippen molar-refractivity contribution in [2.24, 2.45) is 0 Å². The maximum Gasteiger partial charge on any atom is 0.258 e. The maximum atomic E-state index is 13.2. The first-order valence-electron chi connectivity index (χ1n) is 4.94. The molecule has 1 aromatic carbocycles. The molecule has 2 rings (SSSR count). The molecule has 2 aromatic rings. The first-order chi connectivity index (χ1) is 8.58. The zero-order valence-electron chi connectivity index (χ0n) is 8.95. The van der Waals surface area contributed by atoms with E-state index in [-0.39, 0.29) is 15.6 Å². The summed E-state index contributed by atoms with van der Waals surface area (Å²) in [6.45, 7) is 0. The fourth-order valence-electron chi connectivity index (χ4n) is 1.32. The molecule has 0 saturated heterocycles. The van der Waals surface area contributed by atoms with Crippen molar-refractivity contribution < 1.29 is 9.18 Å². The van der Waals surface area contributed by atoms with Crippen LogP contribution < -0.4 is 5.32 Å². The van der Waals surface area contributed by atoms with Crippen molar-refractivity contribution >= 4 is 34.8 Å². The summed E-state index contributed by atoms with van der Waals surface area (Å²) in [5, 5.41) is 2.77. The van der Waals surface area contributed by atoms with Crippen LogP contribution in [0.15, 0.2) is 36.7 Å². The van der Waals surface area contributed by atoms with Crippen molar-refractivity contribution in [3.63, 3.8) is 0 Å². The second-order valence-electron chi connectivity index (χ2n) is 3.44. The normalized spacial score (nSPS) is 10.2. The molecule has 0 spiro atoms. The number of anilines is 1. The molecule has 0 radical (unpaired) electrons. The van der Waals surface area contributed by atoms with Crippen molar-refractivity contribution in [2.45, 2.75) is 0 Å². The van der Waals surface area contributed by atoms with E-state index in [1.165, 1.54) is 30.6 Å². The molecule has 1 N–H and O–H groups in total. The van der Waals surface area contributed by atoms with E-state index < -0.39 is 11.7 Å². The number of hydrogen-bond acceptors (Lipinski definition) is 2. The number of rotatable bonds is 2. The topological polar surface area (TPSA) is 42.0 Å². The van der Waals surface area contributed by atoms with E-state index in [1.54, 1.807) is 0 Å². The Morgan fingerprint density at radius 3 is 2.67 bits per heavy atom. The van der Waals surface area contributed by atoms with E-state index in [0.717, 1.165) is 6.07 Å². The summed E-state index contributed by atoms with van der Waals surface area (Å²) in [5.41, 5.74) is 0.511. The SMILES string of the molecule is O=C(Nc1ccc(Cl)c(F)c1)c1cnccc1Cl. The zero-order chi connectivity index (χ0) is 13.1. The summed E-state index contributed by atoms with van der Waals surface area (Å²) < 4.78 is 13.2. The van der Waals surface area contributed by atoms with Gasteiger partial charge in [0.2, 0.25) is 0 Å². The van der Waals surface area contributed by atoms with E-state index in [9.17, 15) is 9.18 Å². The second-order valence-corrected chi connectivity index (χ2v) is 4.25. The lowest BCUT2D eigenvalue weighted by Crippen LogP contribution is -2.12. The highest BCUT2D eigenvalue weighted by Gasteiger charge is 2.11. The summed E-state index contributed by atoms with van der Waals surface area (Å²) in [4.78, 5) is 15.6. The summed E-state index contributed by atoms with van der Waals surface area (Å²) in [6, 6.07) is 5.48. The highest BCUT2D eigenvalue weighted by molar-refractivity contribution is 6.34. The number of hydrogen-bond donors (Lipinski definition) is 1. The van der Waals surface area contributed by atoms with Crippen LogP contribution >= 0.6 is 23.2 Å². The van der Waals surface area contributed by atoms with Gasteiger partial charge in [0.25, 0.3) is 5.91 Å². The van der Waals surface area contributed by atoms with Gasteiger partial charge in [-0.3, -0.25) is 9.78 Å². The predicted molar refractivity (Wildman–Crippen MR) is 68.6 cm³/mol. The van der Waals surface area contributed by atoms with Crippen molar-refractivity contribution in [1.29, 1.82) is 0 Å². The molecular weight excluding hydrogens is 278 g/mol. The molecule has 1 heterocycles. The number of carbonyl (C=O) groups is 1. The number of pyridine rings is 1. The van der Waals surface area contributed by atoms with E-state index >= 15 is 0 Å². The Labute approximate surface area is 113 Å². The van der Waals surface area contributed by atoms with Crippen LogP contribution in [0.1, 0.15) is 10.4 Å². The Morgan fingerprint density at radius 2 is 2.00 bits per heavy atom. The van der Waals surface area contributed by atoms with Gasteiger partial charge in [-0.05, 0) is 24.3 Å². The van der Waals surface area contributed by atoms with Gasteiger partial charge in [0, 0.05) is 18.1 Å². The quantitative estimate of drug-likeness (QED) is 0.912. The summed E-state index contributed by atoms with van der Waals surface area (Å²) in [6.07, 6.45) is 2.81. The van der Waals surface area contributed by atoms with Crippen LogP contribution in [0.5, 0.6) is 0 Å². The third kappa shape index (κ3) is 2.78. The molecule has 1 amide bonds. The van der Waals surface area contributed by atoms with Crippen LogP contribution in [0.2, 0.25) is 10.0 Å². The van der Waals surface area contributed by atoms with Crippen molar-refractivity contribution in [3.8, 4) is 0 Å². The van der Waals surface area contributed by atoms with E-state index in [4.69, 9.17) is 23.2 Å². The molecular formula is C12H7Cl2FN2O. The van der Waals surface area contributed by atoms with Crippen molar-refractivity contribution in [3.05, 3.63) is 58.1 Å². The lowest BCUT2D eigenvalue weighted by Gasteiger charge is -2.06. The fraction of sp³-hybridized carbons (Fsp3) is 0. The molecule has 0 aliphatic heterocycles.